The molecule has 27 heavy (non-hydrogen) atoms. The third kappa shape index (κ3) is 4.06. The molecule has 1 heterocycles. The maximum atomic E-state index is 12.2. The van der Waals surface area contributed by atoms with Gasteiger partial charge in [0.2, 0.25) is 0 Å². The van der Waals surface area contributed by atoms with Gasteiger partial charge in [-0.05, 0) is 42.5 Å². The fraction of sp³-hybridized carbons (Fsp3) is 0.190. The highest BCUT2D eigenvalue weighted by atomic mass is 16.5. The number of fused-ring (bicyclic) bond motifs is 1. The van der Waals surface area contributed by atoms with Gasteiger partial charge >= 0.3 is 0 Å². The number of ether oxygens (including phenoxy) is 1. The van der Waals surface area contributed by atoms with Gasteiger partial charge in [0.25, 0.3) is 5.91 Å². The smallest absolute Gasteiger partial charge is 0.292 e. The number of aryl methyl sites for hydroxylation is 1. The van der Waals surface area contributed by atoms with Crippen molar-refractivity contribution in [1.82, 2.24) is 15.6 Å². The number of nitrogens with zero attached hydrogens (tertiary/aromatic N) is 2. The fourth-order valence-electron chi connectivity index (χ4n) is 3.15. The normalized spacial score (nSPS) is 12.9. The Morgan fingerprint density at radius 2 is 2.07 bits per heavy atom. The predicted octanol–water partition coefficient (Wildman–Crippen LogP) is 3.24. The van der Waals surface area contributed by atoms with Crippen molar-refractivity contribution >= 4 is 12.1 Å². The average molecular weight is 360 g/mol. The molecule has 2 N–H and O–H groups in total. The Hall–Kier alpha value is -3.41. The first kappa shape index (κ1) is 17.0. The van der Waals surface area contributed by atoms with Crippen molar-refractivity contribution in [3.8, 4) is 5.75 Å². The van der Waals surface area contributed by atoms with Crippen LogP contribution in [0.3, 0.4) is 0 Å². The fourth-order valence-corrected chi connectivity index (χ4v) is 3.15. The van der Waals surface area contributed by atoms with Crippen LogP contribution in [0.2, 0.25) is 0 Å². The zero-order valence-electron chi connectivity index (χ0n) is 14.8. The average Bonchev–Trinajstić information content (AvgIpc) is 3.31. The van der Waals surface area contributed by atoms with Crippen molar-refractivity contribution in [1.29, 1.82) is 0 Å². The molecule has 136 valence electrons. The molecule has 0 radical (unpaired) electrons. The highest BCUT2D eigenvalue weighted by Crippen LogP contribution is 2.22. The quantitative estimate of drug-likeness (QED) is 0.523. The molecule has 1 aromatic heterocycles. The lowest BCUT2D eigenvalue weighted by Gasteiger charge is -2.06. The van der Waals surface area contributed by atoms with Gasteiger partial charge < -0.3 is 4.74 Å². The van der Waals surface area contributed by atoms with Gasteiger partial charge in [0.05, 0.1) is 6.21 Å². The van der Waals surface area contributed by atoms with Gasteiger partial charge in [0.1, 0.15) is 12.4 Å². The highest BCUT2D eigenvalue weighted by molar-refractivity contribution is 5.94. The first-order valence-corrected chi connectivity index (χ1v) is 8.96. The Morgan fingerprint density at radius 1 is 1.19 bits per heavy atom. The largest absolute Gasteiger partial charge is 0.489 e. The molecular weight excluding hydrogens is 340 g/mol. The van der Waals surface area contributed by atoms with Crippen LogP contribution in [0.4, 0.5) is 0 Å². The molecule has 3 aromatic rings. The minimum atomic E-state index is -0.290. The Kier molecular flexibility index (Phi) is 4.96. The molecule has 6 nitrogen and oxygen atoms in total. The molecule has 0 aliphatic heterocycles. The van der Waals surface area contributed by atoms with E-state index in [1.807, 2.05) is 54.6 Å². The molecule has 0 unspecified atom stereocenters. The van der Waals surface area contributed by atoms with Crippen LogP contribution in [0.25, 0.3) is 0 Å². The van der Waals surface area contributed by atoms with E-state index in [9.17, 15) is 4.79 Å². The van der Waals surface area contributed by atoms with E-state index in [1.54, 1.807) is 6.21 Å². The molecule has 6 heteroatoms. The Morgan fingerprint density at radius 3 is 2.96 bits per heavy atom. The number of H-pyrrole nitrogens is 1. The van der Waals surface area contributed by atoms with E-state index in [0.29, 0.717) is 12.3 Å². The van der Waals surface area contributed by atoms with Crippen molar-refractivity contribution in [2.24, 2.45) is 5.10 Å². The maximum Gasteiger partial charge on any atom is 0.292 e. The van der Waals surface area contributed by atoms with E-state index < -0.39 is 0 Å². The number of aromatic nitrogens is 2. The molecule has 0 saturated carbocycles. The summed E-state index contributed by atoms with van der Waals surface area (Å²) in [6.45, 7) is 0.502. The summed E-state index contributed by atoms with van der Waals surface area (Å²) in [5, 5.41) is 11.1. The summed E-state index contributed by atoms with van der Waals surface area (Å²) in [4.78, 5) is 12.2. The number of hydrogen-bond acceptors (Lipinski definition) is 4. The molecule has 4 rings (SSSR count). The van der Waals surface area contributed by atoms with Crippen LogP contribution in [0.15, 0.2) is 59.7 Å². The summed E-state index contributed by atoms with van der Waals surface area (Å²) in [6.07, 6.45) is 4.50. The van der Waals surface area contributed by atoms with Crippen LogP contribution in [0.1, 0.15) is 39.3 Å². The molecule has 1 amide bonds. The van der Waals surface area contributed by atoms with Crippen molar-refractivity contribution in [3.63, 3.8) is 0 Å². The third-order valence-electron chi connectivity index (χ3n) is 4.51. The molecule has 1 aliphatic carbocycles. The Labute approximate surface area is 157 Å². The van der Waals surface area contributed by atoms with Crippen molar-refractivity contribution < 1.29 is 9.53 Å². The van der Waals surface area contributed by atoms with Gasteiger partial charge in [-0.15, -0.1) is 0 Å². The summed E-state index contributed by atoms with van der Waals surface area (Å²) in [6, 6.07) is 17.6. The molecule has 0 saturated heterocycles. The SMILES string of the molecule is O=C(N/N=C/c1cccc(OCc2ccccc2)c1)c1n[nH]c2c1CCC2. The Balaban J connectivity index is 1.35. The first-order valence-electron chi connectivity index (χ1n) is 8.96. The van der Waals surface area contributed by atoms with Crippen molar-refractivity contribution in [3.05, 3.63) is 82.7 Å². The molecule has 0 fully saturated rings. The Bertz CT molecular complexity index is 963. The zero-order valence-corrected chi connectivity index (χ0v) is 14.8. The molecule has 0 bridgehead atoms. The maximum absolute atomic E-state index is 12.2. The van der Waals surface area contributed by atoms with Gasteiger partial charge in [-0.1, -0.05) is 42.5 Å². The number of carbonyl (C=O) groups is 1. The van der Waals surface area contributed by atoms with Gasteiger partial charge in [-0.25, -0.2) is 5.43 Å². The van der Waals surface area contributed by atoms with Gasteiger partial charge in [-0.2, -0.15) is 10.2 Å². The lowest BCUT2D eigenvalue weighted by molar-refractivity contribution is 0.0949. The summed E-state index contributed by atoms with van der Waals surface area (Å²) in [5.74, 6) is 0.460. The first-order chi connectivity index (χ1) is 13.3. The standard InChI is InChI=1S/C21H20N4O2/c26-21(20-18-10-5-11-19(18)23-24-20)25-22-13-16-8-4-9-17(12-16)27-14-15-6-2-1-3-7-15/h1-4,6-9,12-13H,5,10-11,14H2,(H,23,24)(H,25,26)/b22-13+. The predicted molar refractivity (Wildman–Crippen MR) is 103 cm³/mol. The number of carbonyl (C=O) groups excluding carboxylic acids is 1. The summed E-state index contributed by atoms with van der Waals surface area (Å²) < 4.78 is 5.81. The lowest BCUT2D eigenvalue weighted by Crippen LogP contribution is -2.19. The molecule has 1 aliphatic rings. The lowest BCUT2D eigenvalue weighted by atomic mass is 10.2. The minimum Gasteiger partial charge on any atom is -0.489 e. The second-order valence-corrected chi connectivity index (χ2v) is 6.43. The van der Waals surface area contributed by atoms with Crippen LogP contribution in [-0.4, -0.2) is 22.3 Å². The number of nitrogens with one attached hydrogen (secondary N) is 2. The minimum absolute atomic E-state index is 0.290. The number of aromatic amines is 1. The van der Waals surface area contributed by atoms with Gasteiger partial charge in [0, 0.05) is 11.3 Å². The topological polar surface area (TPSA) is 79.4 Å². The van der Waals surface area contributed by atoms with Crippen molar-refractivity contribution in [2.45, 2.75) is 25.9 Å². The van der Waals surface area contributed by atoms with E-state index in [1.165, 1.54) is 0 Å². The monoisotopic (exact) mass is 360 g/mol. The molecule has 2 aromatic carbocycles. The number of amides is 1. The summed E-state index contributed by atoms with van der Waals surface area (Å²) in [7, 11) is 0. The van der Waals surface area contributed by atoms with Gasteiger partial charge in [-0.3, -0.25) is 9.89 Å². The summed E-state index contributed by atoms with van der Waals surface area (Å²) in [5.41, 5.74) is 7.01. The number of rotatable bonds is 6. The van der Waals surface area contributed by atoms with Crippen LogP contribution >= 0.6 is 0 Å². The second kappa shape index (κ2) is 7.86. The van der Waals surface area contributed by atoms with Gasteiger partial charge in [0.15, 0.2) is 5.69 Å². The van der Waals surface area contributed by atoms with E-state index in [4.69, 9.17) is 4.74 Å². The summed E-state index contributed by atoms with van der Waals surface area (Å²) >= 11 is 0. The van der Waals surface area contributed by atoms with Crippen molar-refractivity contribution in [2.75, 3.05) is 0 Å². The highest BCUT2D eigenvalue weighted by Gasteiger charge is 2.22. The third-order valence-corrected chi connectivity index (χ3v) is 4.51. The van der Waals surface area contributed by atoms with E-state index in [-0.39, 0.29) is 5.91 Å². The molecule has 0 spiro atoms. The number of hydrazone groups is 1. The van der Waals surface area contributed by atoms with Crippen LogP contribution in [0, 0.1) is 0 Å². The number of hydrogen-bond donors (Lipinski definition) is 2. The van der Waals surface area contributed by atoms with Crippen LogP contribution in [-0.2, 0) is 19.4 Å². The molecular formula is C21H20N4O2. The van der Waals surface area contributed by atoms with Crippen LogP contribution < -0.4 is 10.2 Å². The molecule has 0 atom stereocenters. The zero-order chi connectivity index (χ0) is 18.5. The van der Waals surface area contributed by atoms with E-state index >= 15 is 0 Å². The number of benzene rings is 2. The van der Waals surface area contributed by atoms with Crippen LogP contribution in [0.5, 0.6) is 5.75 Å². The van der Waals surface area contributed by atoms with E-state index in [2.05, 4.69) is 20.7 Å². The second-order valence-electron chi connectivity index (χ2n) is 6.43. The van der Waals surface area contributed by atoms with E-state index in [0.717, 1.165) is 47.4 Å².